The molecule has 3 rings (SSSR count). The maximum absolute atomic E-state index is 4.80. The zero-order valence-corrected chi connectivity index (χ0v) is 11.7. The number of benzene rings is 2. The molecule has 2 heteroatoms. The average molecular weight is 262 g/mol. The van der Waals surface area contributed by atoms with Gasteiger partial charge in [-0.15, -0.1) is 0 Å². The molecule has 0 unspecified atom stereocenters. The lowest BCUT2D eigenvalue weighted by Gasteiger charge is -2.08. The van der Waals surface area contributed by atoms with Gasteiger partial charge >= 0.3 is 0 Å². The van der Waals surface area contributed by atoms with Gasteiger partial charge in [-0.3, -0.25) is 0 Å². The van der Waals surface area contributed by atoms with Crippen LogP contribution in [0.1, 0.15) is 25.6 Å². The number of rotatable bonds is 4. The van der Waals surface area contributed by atoms with Crippen LogP contribution in [0.2, 0.25) is 0 Å². The normalized spacial score (nSPS) is 10.8. The van der Waals surface area contributed by atoms with Crippen LogP contribution < -0.4 is 0 Å². The summed E-state index contributed by atoms with van der Waals surface area (Å²) < 4.78 is 0. The third kappa shape index (κ3) is 2.55. The fourth-order valence-corrected chi connectivity index (χ4v) is 2.39. The van der Waals surface area contributed by atoms with E-state index in [0.717, 1.165) is 47.2 Å². The van der Waals surface area contributed by atoms with E-state index in [0.29, 0.717) is 0 Å². The molecule has 0 aliphatic rings. The summed E-state index contributed by atoms with van der Waals surface area (Å²) in [4.78, 5) is 9.49. The summed E-state index contributed by atoms with van der Waals surface area (Å²) >= 11 is 0. The second-order valence-electron chi connectivity index (χ2n) is 4.98. The summed E-state index contributed by atoms with van der Waals surface area (Å²) in [5.41, 5.74) is 3.23. The third-order valence-electron chi connectivity index (χ3n) is 3.45. The van der Waals surface area contributed by atoms with Gasteiger partial charge in [0.2, 0.25) is 0 Å². The molecule has 0 fully saturated rings. The number of fused-ring (bicyclic) bond motifs is 1. The molecular formula is C18H18N2. The molecule has 0 bridgehead atoms. The van der Waals surface area contributed by atoms with Crippen LogP contribution >= 0.6 is 0 Å². The third-order valence-corrected chi connectivity index (χ3v) is 3.45. The van der Waals surface area contributed by atoms with Crippen LogP contribution in [0.15, 0.2) is 54.6 Å². The van der Waals surface area contributed by atoms with Crippen LogP contribution in [-0.4, -0.2) is 9.97 Å². The van der Waals surface area contributed by atoms with Gasteiger partial charge in [0.05, 0.1) is 11.2 Å². The van der Waals surface area contributed by atoms with Gasteiger partial charge in [0.1, 0.15) is 5.82 Å². The number of para-hydroxylation sites is 1. The highest BCUT2D eigenvalue weighted by molar-refractivity contribution is 5.92. The van der Waals surface area contributed by atoms with E-state index in [1.165, 1.54) is 0 Å². The number of nitrogens with zero attached hydrogens (tertiary/aromatic N) is 2. The Morgan fingerprint density at radius 3 is 2.40 bits per heavy atom. The van der Waals surface area contributed by atoms with Crippen LogP contribution in [0.25, 0.3) is 22.2 Å². The van der Waals surface area contributed by atoms with Crippen LogP contribution in [-0.2, 0) is 6.42 Å². The molecule has 0 amide bonds. The number of aromatic nitrogens is 2. The van der Waals surface area contributed by atoms with Gasteiger partial charge in [-0.2, -0.15) is 0 Å². The largest absolute Gasteiger partial charge is 0.233 e. The van der Waals surface area contributed by atoms with Crippen LogP contribution in [0.4, 0.5) is 0 Å². The highest BCUT2D eigenvalue weighted by Gasteiger charge is 2.08. The number of hydrogen-bond donors (Lipinski definition) is 0. The van der Waals surface area contributed by atoms with Crippen molar-refractivity contribution in [2.75, 3.05) is 0 Å². The summed E-state index contributed by atoms with van der Waals surface area (Å²) in [6, 6.07) is 18.6. The molecule has 1 aromatic heterocycles. The summed E-state index contributed by atoms with van der Waals surface area (Å²) in [5.74, 6) is 0.949. The van der Waals surface area contributed by atoms with Gasteiger partial charge in [-0.25, -0.2) is 9.97 Å². The van der Waals surface area contributed by atoms with Crippen molar-refractivity contribution in [2.24, 2.45) is 0 Å². The van der Waals surface area contributed by atoms with E-state index >= 15 is 0 Å². The Balaban J connectivity index is 2.17. The predicted octanol–water partition coefficient (Wildman–Crippen LogP) is 4.64. The van der Waals surface area contributed by atoms with Gasteiger partial charge in [-0.05, 0) is 12.5 Å². The van der Waals surface area contributed by atoms with E-state index in [9.17, 15) is 0 Å². The quantitative estimate of drug-likeness (QED) is 0.684. The monoisotopic (exact) mass is 262 g/mol. The predicted molar refractivity (Wildman–Crippen MR) is 83.6 cm³/mol. The van der Waals surface area contributed by atoms with Crippen molar-refractivity contribution in [1.29, 1.82) is 0 Å². The van der Waals surface area contributed by atoms with Gasteiger partial charge < -0.3 is 0 Å². The second kappa shape index (κ2) is 5.83. The number of hydrogen-bond acceptors (Lipinski definition) is 2. The van der Waals surface area contributed by atoms with Crippen molar-refractivity contribution in [1.82, 2.24) is 9.97 Å². The minimum atomic E-state index is 0.946. The zero-order chi connectivity index (χ0) is 13.8. The molecule has 0 saturated heterocycles. The van der Waals surface area contributed by atoms with Gasteiger partial charge in [0, 0.05) is 17.4 Å². The molecule has 0 atom stereocenters. The second-order valence-corrected chi connectivity index (χ2v) is 4.98. The SMILES string of the molecule is CCCCc1nc(-c2ccccc2)c2ccccc2n1. The Kier molecular flexibility index (Phi) is 3.73. The first kappa shape index (κ1) is 12.8. The molecule has 1 heterocycles. The molecule has 0 radical (unpaired) electrons. The van der Waals surface area contributed by atoms with Crippen molar-refractivity contribution in [2.45, 2.75) is 26.2 Å². The van der Waals surface area contributed by atoms with Gasteiger partial charge in [0.25, 0.3) is 0 Å². The molecule has 2 aromatic carbocycles. The Morgan fingerprint density at radius 1 is 0.850 bits per heavy atom. The molecule has 3 aromatic rings. The van der Waals surface area contributed by atoms with Crippen LogP contribution in [0.3, 0.4) is 0 Å². The molecule has 100 valence electrons. The van der Waals surface area contributed by atoms with E-state index in [4.69, 9.17) is 4.98 Å². The Bertz CT molecular complexity index is 705. The van der Waals surface area contributed by atoms with Crippen molar-refractivity contribution in [3.05, 3.63) is 60.4 Å². The first-order valence-electron chi connectivity index (χ1n) is 7.19. The molecule has 20 heavy (non-hydrogen) atoms. The van der Waals surface area contributed by atoms with Crippen molar-refractivity contribution < 1.29 is 0 Å². The van der Waals surface area contributed by atoms with Gasteiger partial charge in [0.15, 0.2) is 0 Å². The van der Waals surface area contributed by atoms with Crippen LogP contribution in [0, 0.1) is 0 Å². The number of unbranched alkanes of at least 4 members (excludes halogenated alkanes) is 1. The van der Waals surface area contributed by atoms with Crippen LogP contribution in [0.5, 0.6) is 0 Å². The first-order valence-corrected chi connectivity index (χ1v) is 7.19. The first-order chi connectivity index (χ1) is 9.88. The highest BCUT2D eigenvalue weighted by Crippen LogP contribution is 2.26. The molecule has 0 aliphatic carbocycles. The lowest BCUT2D eigenvalue weighted by Crippen LogP contribution is -1.98. The fraction of sp³-hybridized carbons (Fsp3) is 0.222. The summed E-state index contributed by atoms with van der Waals surface area (Å²) in [6.45, 7) is 2.19. The molecule has 0 N–H and O–H groups in total. The lowest BCUT2D eigenvalue weighted by atomic mass is 10.1. The summed E-state index contributed by atoms with van der Waals surface area (Å²) in [5, 5.41) is 1.12. The lowest BCUT2D eigenvalue weighted by molar-refractivity contribution is 0.758. The Hall–Kier alpha value is -2.22. The minimum absolute atomic E-state index is 0.946. The Morgan fingerprint density at radius 2 is 1.60 bits per heavy atom. The maximum Gasteiger partial charge on any atom is 0.129 e. The topological polar surface area (TPSA) is 25.8 Å². The molecule has 2 nitrogen and oxygen atoms in total. The molecule has 0 saturated carbocycles. The molecule has 0 aliphatic heterocycles. The zero-order valence-electron chi connectivity index (χ0n) is 11.7. The summed E-state index contributed by atoms with van der Waals surface area (Å²) in [7, 11) is 0. The summed E-state index contributed by atoms with van der Waals surface area (Å²) in [6.07, 6.45) is 3.24. The highest BCUT2D eigenvalue weighted by atomic mass is 14.9. The number of aryl methyl sites for hydroxylation is 1. The van der Waals surface area contributed by atoms with Crippen molar-refractivity contribution >= 4 is 10.9 Å². The van der Waals surface area contributed by atoms with Gasteiger partial charge in [-0.1, -0.05) is 61.9 Å². The molecule has 0 spiro atoms. The smallest absolute Gasteiger partial charge is 0.129 e. The molecular weight excluding hydrogens is 244 g/mol. The maximum atomic E-state index is 4.80. The van der Waals surface area contributed by atoms with E-state index < -0.39 is 0 Å². The average Bonchev–Trinajstić information content (AvgIpc) is 2.53. The standard InChI is InChI=1S/C18H18N2/c1-2-3-13-17-19-16-12-8-7-11-15(16)18(20-17)14-9-5-4-6-10-14/h4-12H,2-3,13H2,1H3. The van der Waals surface area contributed by atoms with Crippen molar-refractivity contribution in [3.63, 3.8) is 0 Å². The fourth-order valence-electron chi connectivity index (χ4n) is 2.39. The van der Waals surface area contributed by atoms with E-state index in [-0.39, 0.29) is 0 Å². The van der Waals surface area contributed by atoms with E-state index in [1.807, 2.05) is 18.2 Å². The Labute approximate surface area is 119 Å². The van der Waals surface area contributed by atoms with Crippen molar-refractivity contribution in [3.8, 4) is 11.3 Å². The minimum Gasteiger partial charge on any atom is -0.233 e. The van der Waals surface area contributed by atoms with E-state index in [1.54, 1.807) is 0 Å². The van der Waals surface area contributed by atoms with E-state index in [2.05, 4.69) is 48.3 Å².